The van der Waals surface area contributed by atoms with Crippen molar-refractivity contribution in [1.29, 1.82) is 0 Å². The van der Waals surface area contributed by atoms with Crippen LogP contribution in [0.3, 0.4) is 0 Å². The molecule has 1 unspecified atom stereocenters. The highest BCUT2D eigenvalue weighted by atomic mass is 32.1. The monoisotopic (exact) mass is 619 g/mol. The molecule has 1 atom stereocenters. The van der Waals surface area contributed by atoms with Crippen LogP contribution in [0.4, 0.5) is 11.4 Å². The van der Waals surface area contributed by atoms with Gasteiger partial charge in [0, 0.05) is 6.54 Å². The van der Waals surface area contributed by atoms with E-state index in [-0.39, 0.29) is 46.6 Å². The van der Waals surface area contributed by atoms with E-state index in [0.717, 1.165) is 5.56 Å². The number of carbonyl (C=O) groups excluding carboxylic acids is 3. The number of aromatic nitrogens is 1. The number of anilines is 2. The molecule has 4 rings (SSSR count). The number of rotatable bonds is 13. The highest BCUT2D eigenvalue weighted by molar-refractivity contribution is 7.09. The van der Waals surface area contributed by atoms with Crippen LogP contribution in [0, 0.1) is 0 Å². The third-order valence-electron chi connectivity index (χ3n) is 6.62. The SMILES string of the molecule is CCOc1ccccc1N(C(=O)c1snc(C(N)=O)c1N)C(C(=O)NCc1ccccc1)c1cc(OC)c(OC)c(OC)c1. The van der Waals surface area contributed by atoms with Crippen LogP contribution in [-0.4, -0.2) is 50.0 Å². The van der Waals surface area contributed by atoms with Crippen LogP contribution in [0.1, 0.15) is 44.3 Å². The Kier molecular flexibility index (Phi) is 10.2. The van der Waals surface area contributed by atoms with Crippen LogP contribution < -0.4 is 40.6 Å². The van der Waals surface area contributed by atoms with Gasteiger partial charge in [-0.05, 0) is 53.8 Å². The van der Waals surface area contributed by atoms with Crippen LogP contribution >= 0.6 is 11.5 Å². The number of amides is 3. The van der Waals surface area contributed by atoms with Gasteiger partial charge in [-0.25, -0.2) is 0 Å². The summed E-state index contributed by atoms with van der Waals surface area (Å²) in [6, 6.07) is 17.9. The Morgan fingerprint density at radius 3 is 2.14 bits per heavy atom. The highest BCUT2D eigenvalue weighted by Crippen LogP contribution is 2.43. The average Bonchev–Trinajstić information content (AvgIpc) is 3.43. The predicted molar refractivity (Wildman–Crippen MR) is 167 cm³/mol. The number of primary amides is 1. The average molecular weight is 620 g/mol. The summed E-state index contributed by atoms with van der Waals surface area (Å²) in [6.45, 7) is 2.25. The second kappa shape index (κ2) is 14.2. The number of nitrogens with one attached hydrogen (secondary N) is 1. The van der Waals surface area contributed by atoms with E-state index in [1.165, 1.54) is 26.2 Å². The van der Waals surface area contributed by atoms with E-state index in [4.69, 9.17) is 30.4 Å². The van der Waals surface area contributed by atoms with Crippen molar-refractivity contribution in [3.63, 3.8) is 0 Å². The van der Waals surface area contributed by atoms with Crippen LogP contribution in [0.5, 0.6) is 23.0 Å². The Bertz CT molecular complexity index is 1620. The maximum Gasteiger partial charge on any atom is 0.273 e. The maximum absolute atomic E-state index is 14.5. The lowest BCUT2D eigenvalue weighted by Gasteiger charge is -2.32. The van der Waals surface area contributed by atoms with Crippen molar-refractivity contribution < 1.29 is 33.3 Å². The molecular weight excluding hydrogens is 586 g/mol. The first-order valence-corrected chi connectivity index (χ1v) is 14.2. The van der Waals surface area contributed by atoms with Gasteiger partial charge in [-0.15, -0.1) is 0 Å². The molecule has 0 fully saturated rings. The highest BCUT2D eigenvalue weighted by Gasteiger charge is 2.38. The van der Waals surface area contributed by atoms with Crippen molar-refractivity contribution in [1.82, 2.24) is 9.69 Å². The minimum absolute atomic E-state index is 0.0848. The van der Waals surface area contributed by atoms with Crippen molar-refractivity contribution >= 4 is 40.6 Å². The molecule has 44 heavy (non-hydrogen) atoms. The fourth-order valence-electron chi connectivity index (χ4n) is 4.60. The summed E-state index contributed by atoms with van der Waals surface area (Å²) in [5, 5.41) is 2.94. The van der Waals surface area contributed by atoms with E-state index in [9.17, 15) is 14.4 Å². The molecule has 0 aliphatic rings. The van der Waals surface area contributed by atoms with Crippen molar-refractivity contribution in [2.45, 2.75) is 19.5 Å². The van der Waals surface area contributed by atoms with E-state index in [2.05, 4.69) is 9.69 Å². The van der Waals surface area contributed by atoms with Crippen molar-refractivity contribution in [3.8, 4) is 23.0 Å². The van der Waals surface area contributed by atoms with Crippen molar-refractivity contribution in [2.24, 2.45) is 5.73 Å². The smallest absolute Gasteiger partial charge is 0.273 e. The summed E-state index contributed by atoms with van der Waals surface area (Å²) in [5.74, 6) is -0.986. The maximum atomic E-state index is 14.5. The van der Waals surface area contributed by atoms with E-state index < -0.39 is 23.8 Å². The number of methoxy groups -OCH3 is 3. The fraction of sp³-hybridized carbons (Fsp3) is 0.226. The molecule has 1 heterocycles. The van der Waals surface area contributed by atoms with E-state index in [1.54, 1.807) is 43.3 Å². The molecular formula is C31H33N5O7S. The number of nitrogens with two attached hydrogens (primary N) is 2. The molecule has 0 saturated carbocycles. The quantitative estimate of drug-likeness (QED) is 0.201. The largest absolute Gasteiger partial charge is 0.493 e. The number of ether oxygens (including phenoxy) is 4. The normalized spacial score (nSPS) is 11.3. The number of hydrogen-bond acceptors (Lipinski definition) is 10. The van der Waals surface area contributed by atoms with Gasteiger partial charge in [0.2, 0.25) is 11.7 Å². The number of hydrogen-bond donors (Lipinski definition) is 3. The molecule has 0 saturated heterocycles. The van der Waals surface area contributed by atoms with Crippen LogP contribution in [0.15, 0.2) is 66.7 Å². The number of nitrogens with zero attached hydrogens (tertiary/aromatic N) is 2. The molecule has 0 bridgehead atoms. The molecule has 4 aromatic rings. The zero-order chi connectivity index (χ0) is 31.8. The molecule has 5 N–H and O–H groups in total. The van der Waals surface area contributed by atoms with Crippen LogP contribution in [0.25, 0.3) is 0 Å². The zero-order valence-electron chi connectivity index (χ0n) is 24.7. The summed E-state index contributed by atoms with van der Waals surface area (Å²) >= 11 is 0.702. The van der Waals surface area contributed by atoms with E-state index in [1.807, 2.05) is 30.3 Å². The van der Waals surface area contributed by atoms with Gasteiger partial charge in [-0.1, -0.05) is 42.5 Å². The lowest BCUT2D eigenvalue weighted by Crippen LogP contribution is -2.44. The molecule has 12 nitrogen and oxygen atoms in total. The van der Waals surface area contributed by atoms with Gasteiger partial charge in [-0.3, -0.25) is 19.3 Å². The van der Waals surface area contributed by atoms with Gasteiger partial charge in [0.1, 0.15) is 16.7 Å². The first-order valence-electron chi connectivity index (χ1n) is 13.5. The Balaban J connectivity index is 1.98. The Morgan fingerprint density at radius 2 is 1.57 bits per heavy atom. The minimum Gasteiger partial charge on any atom is -0.493 e. The van der Waals surface area contributed by atoms with Crippen molar-refractivity contribution in [3.05, 3.63) is 88.4 Å². The summed E-state index contributed by atoms with van der Waals surface area (Å²) < 4.78 is 26.5. The van der Waals surface area contributed by atoms with Crippen molar-refractivity contribution in [2.75, 3.05) is 38.6 Å². The summed E-state index contributed by atoms with van der Waals surface area (Å²) in [4.78, 5) is 42.0. The summed E-state index contributed by atoms with van der Waals surface area (Å²) in [7, 11) is 4.35. The van der Waals surface area contributed by atoms with Gasteiger partial charge in [0.05, 0.1) is 39.3 Å². The third-order valence-corrected chi connectivity index (χ3v) is 7.47. The summed E-state index contributed by atoms with van der Waals surface area (Å²) in [5.41, 5.74) is 12.6. The second-order valence-corrected chi connectivity index (χ2v) is 10.1. The van der Waals surface area contributed by atoms with E-state index in [0.29, 0.717) is 28.6 Å². The van der Waals surface area contributed by atoms with Crippen LogP contribution in [0.2, 0.25) is 0 Å². The summed E-state index contributed by atoms with van der Waals surface area (Å²) in [6.07, 6.45) is 0. The molecule has 13 heteroatoms. The third kappa shape index (κ3) is 6.52. The number of nitrogen functional groups attached to an aromatic ring is 1. The molecule has 0 aliphatic heterocycles. The number of para-hydroxylation sites is 2. The fourth-order valence-corrected chi connectivity index (χ4v) is 5.34. The predicted octanol–water partition coefficient (Wildman–Crippen LogP) is 3.95. The standard InChI is InChI=1S/C31H33N5O7S/c1-5-43-21-14-10-9-13-20(21)36(31(39)28-24(32)25(29(33)37)35-44-28)26(30(38)34-17-18-11-7-6-8-12-18)19-15-22(40-2)27(42-4)23(16-19)41-3/h6-16,26H,5,17,32H2,1-4H3,(H2,33,37)(H,34,38). The van der Waals surface area contributed by atoms with E-state index >= 15 is 0 Å². The Labute approximate surface area is 258 Å². The molecule has 0 aliphatic carbocycles. The number of carbonyl (C=O) groups is 3. The minimum atomic E-state index is -1.33. The lowest BCUT2D eigenvalue weighted by molar-refractivity contribution is -0.122. The molecule has 0 spiro atoms. The van der Waals surface area contributed by atoms with Gasteiger partial charge in [0.15, 0.2) is 17.2 Å². The first-order chi connectivity index (χ1) is 21.2. The Morgan fingerprint density at radius 1 is 0.932 bits per heavy atom. The zero-order valence-corrected chi connectivity index (χ0v) is 25.5. The number of benzene rings is 3. The molecule has 3 amide bonds. The van der Waals surface area contributed by atoms with Gasteiger partial charge < -0.3 is 35.7 Å². The molecule has 0 radical (unpaired) electrons. The van der Waals surface area contributed by atoms with Crippen LogP contribution in [-0.2, 0) is 11.3 Å². The molecule has 3 aromatic carbocycles. The van der Waals surface area contributed by atoms with Gasteiger partial charge in [0.25, 0.3) is 11.8 Å². The molecule has 1 aromatic heterocycles. The van der Waals surface area contributed by atoms with Gasteiger partial charge >= 0.3 is 0 Å². The first kappa shape index (κ1) is 31.6. The topological polar surface area (TPSA) is 168 Å². The Hall–Kier alpha value is -5.30. The molecule has 230 valence electrons. The lowest BCUT2D eigenvalue weighted by atomic mass is 10.0. The second-order valence-electron chi connectivity index (χ2n) is 9.28. The van der Waals surface area contributed by atoms with Gasteiger partial charge in [-0.2, -0.15) is 4.37 Å².